The Kier molecular flexibility index (Phi) is 2.40. The zero-order valence-corrected chi connectivity index (χ0v) is 9.48. The second kappa shape index (κ2) is 3.90. The van der Waals surface area contributed by atoms with Crippen molar-refractivity contribution in [3.05, 3.63) is 24.3 Å². The average Bonchev–Trinajstić information content (AvgIpc) is 2.98. The van der Waals surface area contributed by atoms with Crippen LogP contribution in [0.1, 0.15) is 17.6 Å². The van der Waals surface area contributed by atoms with Crippen LogP contribution in [0.3, 0.4) is 0 Å². The van der Waals surface area contributed by atoms with Crippen molar-refractivity contribution in [2.75, 3.05) is 5.75 Å². The van der Waals surface area contributed by atoms with Crippen LogP contribution >= 0.6 is 11.8 Å². The minimum atomic E-state index is 0.0603. The minimum absolute atomic E-state index is 0.0603. The molecule has 2 aromatic rings. The van der Waals surface area contributed by atoms with E-state index in [0.29, 0.717) is 0 Å². The van der Waals surface area contributed by atoms with Gasteiger partial charge in [0.2, 0.25) is 0 Å². The molecule has 1 unspecified atom stereocenters. The van der Waals surface area contributed by atoms with Gasteiger partial charge in [-0.1, -0.05) is 17.3 Å². The number of rotatable bonds is 1. The zero-order valence-electron chi connectivity index (χ0n) is 8.67. The van der Waals surface area contributed by atoms with E-state index in [-0.39, 0.29) is 11.2 Å². The molecule has 3 rings (SSSR count). The third-order valence-electron chi connectivity index (χ3n) is 2.77. The molecule has 0 bridgehead atoms. The highest BCUT2D eigenvalue weighted by Crippen LogP contribution is 2.27. The Morgan fingerprint density at radius 2 is 2.31 bits per heavy atom. The summed E-state index contributed by atoms with van der Waals surface area (Å²) < 4.78 is 1.44. The summed E-state index contributed by atoms with van der Waals surface area (Å²) in [5.74, 6) is 1.14. The van der Waals surface area contributed by atoms with E-state index in [1.807, 2.05) is 24.3 Å². The normalized spacial score (nSPS) is 20.4. The summed E-state index contributed by atoms with van der Waals surface area (Å²) in [5, 5.41) is 8.00. The lowest BCUT2D eigenvalue weighted by Gasteiger charge is -2.06. The first-order chi connectivity index (χ1) is 7.86. The van der Waals surface area contributed by atoms with E-state index in [1.54, 1.807) is 11.8 Å². The molecule has 1 aliphatic rings. The standard InChI is InChI=1S/C11H11N3OS/c15-11(10-6-3-7-16-10)14-9-5-2-1-4-8(9)12-13-14/h1-2,4-5,10H,3,6-7H2. The Morgan fingerprint density at radius 1 is 1.44 bits per heavy atom. The number of hydrogen-bond donors (Lipinski definition) is 0. The summed E-state index contributed by atoms with van der Waals surface area (Å²) in [7, 11) is 0. The highest BCUT2D eigenvalue weighted by Gasteiger charge is 2.26. The molecular weight excluding hydrogens is 222 g/mol. The van der Waals surface area contributed by atoms with Crippen LogP contribution in [-0.4, -0.2) is 31.9 Å². The van der Waals surface area contributed by atoms with Crippen molar-refractivity contribution in [3.63, 3.8) is 0 Å². The van der Waals surface area contributed by atoms with Gasteiger partial charge in [-0.3, -0.25) is 4.79 Å². The van der Waals surface area contributed by atoms with Crippen LogP contribution in [0.4, 0.5) is 0 Å². The molecule has 1 fully saturated rings. The van der Waals surface area contributed by atoms with Gasteiger partial charge in [-0.05, 0) is 30.7 Å². The third kappa shape index (κ3) is 1.51. The smallest absolute Gasteiger partial charge is 0.261 e. The maximum absolute atomic E-state index is 12.2. The molecule has 1 saturated heterocycles. The van der Waals surface area contributed by atoms with Crippen molar-refractivity contribution in [1.29, 1.82) is 0 Å². The molecular formula is C11H11N3OS. The fraction of sp³-hybridized carbons (Fsp3) is 0.364. The van der Waals surface area contributed by atoms with E-state index in [2.05, 4.69) is 10.3 Å². The number of carbonyl (C=O) groups is 1. The van der Waals surface area contributed by atoms with Gasteiger partial charge >= 0.3 is 0 Å². The molecule has 0 N–H and O–H groups in total. The topological polar surface area (TPSA) is 47.8 Å². The van der Waals surface area contributed by atoms with Crippen molar-refractivity contribution in [1.82, 2.24) is 15.0 Å². The monoisotopic (exact) mass is 233 g/mol. The van der Waals surface area contributed by atoms with Crippen LogP contribution < -0.4 is 0 Å². The molecule has 82 valence electrons. The number of nitrogens with zero attached hydrogens (tertiary/aromatic N) is 3. The van der Waals surface area contributed by atoms with Gasteiger partial charge in [-0.15, -0.1) is 16.9 Å². The van der Waals surface area contributed by atoms with Gasteiger partial charge in [0.1, 0.15) is 5.52 Å². The summed E-state index contributed by atoms with van der Waals surface area (Å²) in [5.41, 5.74) is 1.58. The summed E-state index contributed by atoms with van der Waals surface area (Å²) in [6.45, 7) is 0. The number of hydrogen-bond acceptors (Lipinski definition) is 4. The van der Waals surface area contributed by atoms with Crippen LogP contribution in [0.15, 0.2) is 24.3 Å². The number of fused-ring (bicyclic) bond motifs is 1. The fourth-order valence-electron chi connectivity index (χ4n) is 1.94. The maximum atomic E-state index is 12.2. The number of benzene rings is 1. The quantitative estimate of drug-likeness (QED) is 0.755. The lowest BCUT2D eigenvalue weighted by Crippen LogP contribution is -2.23. The van der Waals surface area contributed by atoms with Crippen molar-refractivity contribution in [2.45, 2.75) is 18.1 Å². The van der Waals surface area contributed by atoms with E-state index >= 15 is 0 Å². The lowest BCUT2D eigenvalue weighted by atomic mass is 10.2. The third-order valence-corrected chi connectivity index (χ3v) is 4.13. The number of carbonyl (C=O) groups excluding carboxylic acids is 1. The SMILES string of the molecule is O=C(C1CCCS1)n1nnc2ccccc21. The highest BCUT2D eigenvalue weighted by molar-refractivity contribution is 8.00. The van der Waals surface area contributed by atoms with Crippen LogP contribution in [0, 0.1) is 0 Å². The fourth-order valence-corrected chi connectivity index (χ4v) is 3.13. The maximum Gasteiger partial charge on any atom is 0.261 e. The van der Waals surface area contributed by atoms with E-state index in [0.717, 1.165) is 29.6 Å². The van der Waals surface area contributed by atoms with E-state index in [1.165, 1.54) is 4.68 Å². The molecule has 1 aromatic heterocycles. The van der Waals surface area contributed by atoms with Gasteiger partial charge in [0.15, 0.2) is 0 Å². The summed E-state index contributed by atoms with van der Waals surface area (Å²) >= 11 is 1.72. The van der Waals surface area contributed by atoms with Crippen molar-refractivity contribution in [3.8, 4) is 0 Å². The molecule has 1 aromatic carbocycles. The first-order valence-electron chi connectivity index (χ1n) is 5.32. The van der Waals surface area contributed by atoms with E-state index in [9.17, 15) is 4.79 Å². The summed E-state index contributed by atoms with van der Waals surface area (Å²) in [6, 6.07) is 7.55. The Balaban J connectivity index is 2.02. The molecule has 0 spiro atoms. The molecule has 0 saturated carbocycles. The van der Waals surface area contributed by atoms with Crippen LogP contribution in [0.25, 0.3) is 11.0 Å². The largest absolute Gasteiger partial charge is 0.271 e. The molecule has 0 amide bonds. The minimum Gasteiger partial charge on any atom is -0.271 e. The van der Waals surface area contributed by atoms with Gasteiger partial charge in [0.05, 0.1) is 10.8 Å². The lowest BCUT2D eigenvalue weighted by molar-refractivity contribution is 0.0897. The molecule has 1 aliphatic heterocycles. The second-order valence-corrected chi connectivity index (χ2v) is 5.14. The first kappa shape index (κ1) is 9.84. The van der Waals surface area contributed by atoms with Crippen molar-refractivity contribution < 1.29 is 4.79 Å². The molecule has 0 radical (unpaired) electrons. The number of aromatic nitrogens is 3. The molecule has 2 heterocycles. The Bertz CT molecular complexity index is 531. The van der Waals surface area contributed by atoms with Crippen molar-refractivity contribution >= 4 is 28.7 Å². The number of para-hydroxylation sites is 1. The Labute approximate surface area is 97.0 Å². The zero-order chi connectivity index (χ0) is 11.0. The van der Waals surface area contributed by atoms with Gasteiger partial charge < -0.3 is 0 Å². The van der Waals surface area contributed by atoms with Crippen LogP contribution in [-0.2, 0) is 0 Å². The first-order valence-corrected chi connectivity index (χ1v) is 6.37. The molecule has 0 aliphatic carbocycles. The molecule has 4 nitrogen and oxygen atoms in total. The van der Waals surface area contributed by atoms with E-state index in [4.69, 9.17) is 0 Å². The summed E-state index contributed by atoms with van der Waals surface area (Å²) in [6.07, 6.45) is 2.07. The van der Waals surface area contributed by atoms with Crippen LogP contribution in [0.5, 0.6) is 0 Å². The Morgan fingerprint density at radius 3 is 3.12 bits per heavy atom. The van der Waals surface area contributed by atoms with Crippen LogP contribution in [0.2, 0.25) is 0 Å². The highest BCUT2D eigenvalue weighted by atomic mass is 32.2. The average molecular weight is 233 g/mol. The van der Waals surface area contributed by atoms with E-state index < -0.39 is 0 Å². The molecule has 1 atom stereocenters. The second-order valence-electron chi connectivity index (χ2n) is 3.83. The van der Waals surface area contributed by atoms with Gasteiger partial charge in [0.25, 0.3) is 5.91 Å². The molecule has 5 heteroatoms. The predicted octanol–water partition coefficient (Wildman–Crippen LogP) is 1.97. The predicted molar refractivity (Wildman–Crippen MR) is 63.6 cm³/mol. The van der Waals surface area contributed by atoms with Gasteiger partial charge in [0, 0.05) is 0 Å². The summed E-state index contributed by atoms with van der Waals surface area (Å²) in [4.78, 5) is 12.2. The van der Waals surface area contributed by atoms with Crippen molar-refractivity contribution in [2.24, 2.45) is 0 Å². The Hall–Kier alpha value is -1.36. The van der Waals surface area contributed by atoms with Gasteiger partial charge in [-0.25, -0.2) is 0 Å². The number of thioether (sulfide) groups is 1. The molecule has 16 heavy (non-hydrogen) atoms. The van der Waals surface area contributed by atoms with Gasteiger partial charge in [-0.2, -0.15) is 4.68 Å².